The maximum absolute atomic E-state index is 13.3. The van der Waals surface area contributed by atoms with Crippen LogP contribution >= 0.6 is 0 Å². The lowest BCUT2D eigenvalue weighted by Crippen LogP contribution is -2.53. The van der Waals surface area contributed by atoms with Crippen molar-refractivity contribution in [1.82, 2.24) is 20.4 Å². The maximum atomic E-state index is 13.3. The average Bonchev–Trinajstić information content (AvgIpc) is 3.09. The largest absolute Gasteiger partial charge is 0.415 e. The zero-order chi connectivity index (χ0) is 22.6. The van der Waals surface area contributed by atoms with Gasteiger partial charge in [0.05, 0.1) is 6.04 Å². The number of alkyl halides is 4. The van der Waals surface area contributed by atoms with E-state index in [-0.39, 0.29) is 17.8 Å². The molecule has 1 aliphatic heterocycles. The molecule has 170 valence electrons. The van der Waals surface area contributed by atoms with Crippen molar-refractivity contribution < 1.29 is 31.6 Å². The van der Waals surface area contributed by atoms with Crippen molar-refractivity contribution in [3.63, 3.8) is 0 Å². The van der Waals surface area contributed by atoms with Crippen molar-refractivity contribution in [2.24, 2.45) is 5.92 Å². The van der Waals surface area contributed by atoms with Crippen LogP contribution in [0.3, 0.4) is 0 Å². The molecule has 3 aliphatic rings. The fourth-order valence-corrected chi connectivity index (χ4v) is 4.60. The van der Waals surface area contributed by atoms with Gasteiger partial charge in [-0.1, -0.05) is 18.9 Å². The first-order chi connectivity index (χ1) is 15.2. The van der Waals surface area contributed by atoms with Crippen molar-refractivity contribution in [2.45, 2.75) is 63.1 Å². The Hall–Kier alpha value is -2.98. The predicted octanol–water partition coefficient (Wildman–Crippen LogP) is 3.71. The summed E-state index contributed by atoms with van der Waals surface area (Å²) in [5, 5.41) is 9.66. The van der Waals surface area contributed by atoms with Gasteiger partial charge in [-0.3, -0.25) is 9.59 Å². The number of amides is 2. The Labute approximate surface area is 180 Å². The number of rotatable bonds is 5. The van der Waals surface area contributed by atoms with E-state index in [9.17, 15) is 27.2 Å². The van der Waals surface area contributed by atoms with Gasteiger partial charge in [-0.2, -0.15) is 8.78 Å². The van der Waals surface area contributed by atoms with Crippen molar-refractivity contribution >= 4 is 11.8 Å². The summed E-state index contributed by atoms with van der Waals surface area (Å²) in [6.07, 6.45) is -0.364. The molecule has 7 nitrogen and oxygen atoms in total. The van der Waals surface area contributed by atoms with Crippen LogP contribution in [0.5, 0.6) is 0 Å². The number of carbonyl (C=O) groups is 2. The molecule has 0 saturated heterocycles. The second kappa shape index (κ2) is 7.56. The van der Waals surface area contributed by atoms with E-state index in [1.165, 1.54) is 6.07 Å². The first kappa shape index (κ1) is 20.9. The molecule has 2 amide bonds. The van der Waals surface area contributed by atoms with E-state index >= 15 is 0 Å². The number of fused-ring (bicyclic) bond motifs is 1. The van der Waals surface area contributed by atoms with E-state index in [0.717, 1.165) is 18.4 Å². The van der Waals surface area contributed by atoms with Crippen molar-refractivity contribution in [2.75, 3.05) is 0 Å². The lowest BCUT2D eigenvalue weighted by Gasteiger charge is -2.38. The molecule has 5 rings (SSSR count). The van der Waals surface area contributed by atoms with E-state index in [1.807, 2.05) is 0 Å². The minimum absolute atomic E-state index is 0.109. The Bertz CT molecular complexity index is 1070. The summed E-state index contributed by atoms with van der Waals surface area (Å²) in [6.45, 7) is 0.317. The normalized spacial score (nSPS) is 26.3. The summed E-state index contributed by atoms with van der Waals surface area (Å²) in [5.74, 6) is -6.06. The Balaban J connectivity index is 1.34. The summed E-state index contributed by atoms with van der Waals surface area (Å²) in [7, 11) is 0. The molecule has 2 aromatic rings. The van der Waals surface area contributed by atoms with Gasteiger partial charge < -0.3 is 14.6 Å². The summed E-state index contributed by atoms with van der Waals surface area (Å²) in [4.78, 5) is 27.1. The van der Waals surface area contributed by atoms with Crippen molar-refractivity contribution in [3.05, 3.63) is 35.2 Å². The van der Waals surface area contributed by atoms with E-state index in [2.05, 4.69) is 15.5 Å². The highest BCUT2D eigenvalue weighted by atomic mass is 19.3. The summed E-state index contributed by atoms with van der Waals surface area (Å²) >= 11 is 0. The number of hydrogen-bond acceptors (Lipinski definition) is 5. The zero-order valence-corrected chi connectivity index (χ0v) is 16.9. The number of benzene rings is 1. The Kier molecular flexibility index (Phi) is 4.94. The highest BCUT2D eigenvalue weighted by Crippen LogP contribution is 2.48. The van der Waals surface area contributed by atoms with E-state index in [0.29, 0.717) is 30.5 Å². The number of carbonyl (C=O) groups excluding carboxylic acids is 2. The van der Waals surface area contributed by atoms with Gasteiger partial charge in [0.25, 0.3) is 17.7 Å². The second-order valence-electron chi connectivity index (χ2n) is 8.54. The molecule has 1 unspecified atom stereocenters. The van der Waals surface area contributed by atoms with E-state index in [4.69, 9.17) is 4.42 Å². The molecule has 1 aromatic heterocycles. The van der Waals surface area contributed by atoms with Crippen LogP contribution in [0.4, 0.5) is 17.6 Å². The molecule has 3 atom stereocenters. The molecule has 2 aliphatic carbocycles. The van der Waals surface area contributed by atoms with Gasteiger partial charge in [0, 0.05) is 30.1 Å². The average molecular weight is 452 g/mol. The molecule has 1 aromatic carbocycles. The molecule has 2 fully saturated rings. The molecule has 2 saturated carbocycles. The molecule has 0 spiro atoms. The maximum Gasteiger partial charge on any atom is 0.314 e. The van der Waals surface area contributed by atoms with Crippen LogP contribution in [0.25, 0.3) is 11.5 Å². The minimum atomic E-state index is -2.94. The monoisotopic (exact) mass is 452 g/mol. The van der Waals surface area contributed by atoms with E-state index < -0.39 is 42.5 Å². The molecule has 0 radical (unpaired) electrons. The highest BCUT2D eigenvalue weighted by Gasteiger charge is 2.61. The lowest BCUT2D eigenvalue weighted by atomic mass is 9.89. The van der Waals surface area contributed by atoms with Crippen LogP contribution in [0.2, 0.25) is 0 Å². The van der Waals surface area contributed by atoms with Crippen LogP contribution in [-0.4, -0.2) is 44.9 Å². The molecule has 1 N–H and O–H groups in total. The van der Waals surface area contributed by atoms with Gasteiger partial charge in [0.2, 0.25) is 11.8 Å². The molecular weight excluding hydrogens is 432 g/mol. The Morgan fingerprint density at radius 1 is 1.22 bits per heavy atom. The first-order valence-corrected chi connectivity index (χ1v) is 10.5. The highest BCUT2D eigenvalue weighted by molar-refractivity contribution is 5.99. The molecular formula is C21H20F4N4O3. The number of nitrogens with zero attached hydrogens (tertiary/aromatic N) is 3. The molecule has 0 bridgehead atoms. The lowest BCUT2D eigenvalue weighted by molar-refractivity contribution is -0.125. The number of hydrogen-bond donors (Lipinski definition) is 1. The van der Waals surface area contributed by atoms with Crippen LogP contribution in [-0.2, 0) is 11.3 Å². The molecule has 2 heterocycles. The van der Waals surface area contributed by atoms with E-state index in [1.54, 1.807) is 17.0 Å². The molecule has 32 heavy (non-hydrogen) atoms. The molecule has 11 heteroatoms. The van der Waals surface area contributed by atoms with Gasteiger partial charge in [-0.05, 0) is 30.5 Å². The number of nitrogens with one attached hydrogen (secondary N) is 1. The minimum Gasteiger partial charge on any atom is -0.415 e. The fraction of sp³-hybridized carbons (Fsp3) is 0.524. The van der Waals surface area contributed by atoms with Crippen molar-refractivity contribution in [3.8, 4) is 11.5 Å². The summed E-state index contributed by atoms with van der Waals surface area (Å²) in [5.41, 5.74) is 1.49. The zero-order valence-electron chi connectivity index (χ0n) is 16.9. The van der Waals surface area contributed by atoms with Crippen molar-refractivity contribution in [1.29, 1.82) is 0 Å². The van der Waals surface area contributed by atoms with Gasteiger partial charge >= 0.3 is 6.43 Å². The van der Waals surface area contributed by atoms with Crippen LogP contribution in [0, 0.1) is 5.92 Å². The summed E-state index contributed by atoms with van der Waals surface area (Å²) < 4.78 is 57.0. The Morgan fingerprint density at radius 3 is 2.66 bits per heavy atom. The van der Waals surface area contributed by atoms with Gasteiger partial charge in [0.1, 0.15) is 5.92 Å². The second-order valence-corrected chi connectivity index (χ2v) is 8.54. The SMILES string of the molecule is O=C(N[C@@H]1CCCC[C@H]1N1Cc2ccc(-c3nnc(C(F)F)o3)cc2C1=O)C1CC1(F)F. The predicted molar refractivity (Wildman–Crippen MR) is 102 cm³/mol. The topological polar surface area (TPSA) is 88.3 Å². The number of halogens is 4. The van der Waals surface area contributed by atoms with Crippen LogP contribution < -0.4 is 5.32 Å². The fourth-order valence-electron chi connectivity index (χ4n) is 4.60. The quantitative estimate of drug-likeness (QED) is 0.699. The van der Waals surface area contributed by atoms with Gasteiger partial charge in [-0.15, -0.1) is 10.2 Å². The van der Waals surface area contributed by atoms with Crippen LogP contribution in [0.1, 0.15) is 60.3 Å². The third-order valence-corrected chi connectivity index (χ3v) is 6.42. The summed E-state index contributed by atoms with van der Waals surface area (Å²) in [6, 6.07) is 4.15. The number of aromatic nitrogens is 2. The smallest absolute Gasteiger partial charge is 0.314 e. The first-order valence-electron chi connectivity index (χ1n) is 10.5. The van der Waals surface area contributed by atoms with Gasteiger partial charge in [-0.25, -0.2) is 8.78 Å². The van der Waals surface area contributed by atoms with Crippen LogP contribution in [0.15, 0.2) is 22.6 Å². The Morgan fingerprint density at radius 2 is 1.97 bits per heavy atom. The third kappa shape index (κ3) is 3.63. The standard InChI is InChI=1S/C21H20F4N4O3/c22-16(23)19-28-27-18(32-19)10-5-6-11-9-29(20(31)12(11)7-10)15-4-2-1-3-14(15)26-17(30)13-8-21(13,24)25/h5-7,13-16H,1-4,8-9H2,(H,26,30)/t13?,14-,15-/m1/s1. The van der Waals surface area contributed by atoms with Gasteiger partial charge in [0.15, 0.2) is 0 Å². The third-order valence-electron chi connectivity index (χ3n) is 6.42.